The normalized spacial score (nSPS) is 14.7. The van der Waals surface area contributed by atoms with Gasteiger partial charge in [0.15, 0.2) is 0 Å². The fourth-order valence-corrected chi connectivity index (χ4v) is 2.35. The van der Waals surface area contributed by atoms with Gasteiger partial charge in [-0.25, -0.2) is 0 Å². The van der Waals surface area contributed by atoms with Crippen LogP contribution < -0.4 is 10.1 Å². The van der Waals surface area contributed by atoms with Crippen molar-refractivity contribution < 1.29 is 9.47 Å². The second-order valence-electron chi connectivity index (χ2n) is 5.74. The Balaban J connectivity index is 1.92. The van der Waals surface area contributed by atoms with E-state index in [2.05, 4.69) is 35.5 Å². The van der Waals surface area contributed by atoms with Gasteiger partial charge in [-0.3, -0.25) is 4.90 Å². The number of hydrogen-bond acceptors (Lipinski definition) is 4. The van der Waals surface area contributed by atoms with Crippen molar-refractivity contribution >= 4 is 0 Å². The Morgan fingerprint density at radius 1 is 1.33 bits per heavy atom. The van der Waals surface area contributed by atoms with Crippen molar-refractivity contribution in [3.8, 4) is 5.75 Å². The average molecular weight is 292 g/mol. The zero-order chi connectivity index (χ0) is 15.1. The van der Waals surface area contributed by atoms with Gasteiger partial charge in [-0.1, -0.05) is 6.07 Å². The lowest BCUT2D eigenvalue weighted by molar-refractivity contribution is 0.120. The largest absolute Gasteiger partial charge is 0.496 e. The number of rotatable bonds is 10. The van der Waals surface area contributed by atoms with E-state index in [1.807, 2.05) is 6.92 Å². The molecule has 4 heteroatoms. The van der Waals surface area contributed by atoms with E-state index < -0.39 is 0 Å². The molecule has 1 aromatic carbocycles. The summed E-state index contributed by atoms with van der Waals surface area (Å²) < 4.78 is 10.9. The number of nitrogens with zero attached hydrogens (tertiary/aromatic N) is 1. The Morgan fingerprint density at radius 2 is 2.14 bits per heavy atom. The van der Waals surface area contributed by atoms with Crippen LogP contribution in [0.2, 0.25) is 0 Å². The highest BCUT2D eigenvalue weighted by Gasteiger charge is 2.20. The number of ether oxygens (including phenoxy) is 2. The average Bonchev–Trinajstić information content (AvgIpc) is 3.30. The SMILES string of the molecule is CCOCCN(C)Cc1cc(CNC2CC2)ccc1OC. The van der Waals surface area contributed by atoms with E-state index in [0.717, 1.165) is 44.6 Å². The first-order valence-corrected chi connectivity index (χ1v) is 7.88. The first-order chi connectivity index (χ1) is 10.2. The van der Waals surface area contributed by atoms with Gasteiger partial charge >= 0.3 is 0 Å². The first kappa shape index (κ1) is 16.3. The van der Waals surface area contributed by atoms with Crippen molar-refractivity contribution in [1.29, 1.82) is 0 Å². The molecule has 1 fully saturated rings. The van der Waals surface area contributed by atoms with E-state index in [9.17, 15) is 0 Å². The predicted molar refractivity (Wildman–Crippen MR) is 85.7 cm³/mol. The summed E-state index contributed by atoms with van der Waals surface area (Å²) in [6.45, 7) is 6.34. The lowest BCUT2D eigenvalue weighted by Crippen LogP contribution is -2.23. The summed E-state index contributed by atoms with van der Waals surface area (Å²) in [5.41, 5.74) is 2.57. The molecule has 0 spiro atoms. The minimum Gasteiger partial charge on any atom is -0.496 e. The van der Waals surface area contributed by atoms with Crippen LogP contribution in [-0.4, -0.2) is 44.9 Å². The van der Waals surface area contributed by atoms with Crippen LogP contribution >= 0.6 is 0 Å². The molecule has 1 N–H and O–H groups in total. The standard InChI is InChI=1S/C17H28N2O2/c1-4-21-10-9-19(2)13-15-11-14(5-8-17(15)20-3)12-18-16-6-7-16/h5,8,11,16,18H,4,6-7,9-10,12-13H2,1-3H3. The molecule has 0 saturated heterocycles. The number of likely N-dealkylation sites (N-methyl/N-ethyl adjacent to an activating group) is 1. The molecule has 1 aromatic rings. The topological polar surface area (TPSA) is 33.7 Å². The third kappa shape index (κ3) is 5.65. The second kappa shape index (κ2) is 8.37. The van der Waals surface area contributed by atoms with Crippen molar-refractivity contribution in [2.75, 3.05) is 33.9 Å². The Kier molecular flexibility index (Phi) is 6.49. The molecule has 2 rings (SSSR count). The molecule has 21 heavy (non-hydrogen) atoms. The molecule has 0 atom stereocenters. The van der Waals surface area contributed by atoms with E-state index in [0.29, 0.717) is 0 Å². The van der Waals surface area contributed by atoms with Crippen LogP contribution in [0.15, 0.2) is 18.2 Å². The predicted octanol–water partition coefficient (Wildman–Crippen LogP) is 2.42. The molecular formula is C17H28N2O2. The molecule has 1 aliphatic carbocycles. The Labute approximate surface area is 128 Å². The molecule has 1 saturated carbocycles. The van der Waals surface area contributed by atoms with Gasteiger partial charge in [0.25, 0.3) is 0 Å². The van der Waals surface area contributed by atoms with E-state index >= 15 is 0 Å². The molecule has 0 amide bonds. The molecule has 0 heterocycles. The highest BCUT2D eigenvalue weighted by atomic mass is 16.5. The first-order valence-electron chi connectivity index (χ1n) is 7.88. The summed E-state index contributed by atoms with van der Waals surface area (Å²) in [5, 5.41) is 3.56. The molecule has 0 bridgehead atoms. The van der Waals surface area contributed by atoms with Gasteiger partial charge < -0.3 is 14.8 Å². The lowest BCUT2D eigenvalue weighted by Gasteiger charge is -2.19. The van der Waals surface area contributed by atoms with Crippen molar-refractivity contribution in [3.05, 3.63) is 29.3 Å². The molecule has 4 nitrogen and oxygen atoms in total. The second-order valence-corrected chi connectivity index (χ2v) is 5.74. The quantitative estimate of drug-likeness (QED) is 0.672. The van der Waals surface area contributed by atoms with Gasteiger partial charge in [0.2, 0.25) is 0 Å². The maximum absolute atomic E-state index is 5.49. The molecular weight excluding hydrogens is 264 g/mol. The monoisotopic (exact) mass is 292 g/mol. The van der Waals surface area contributed by atoms with Crippen molar-refractivity contribution in [2.24, 2.45) is 0 Å². The van der Waals surface area contributed by atoms with Crippen LogP contribution in [-0.2, 0) is 17.8 Å². The van der Waals surface area contributed by atoms with Gasteiger partial charge in [0.1, 0.15) is 5.75 Å². The van der Waals surface area contributed by atoms with Crippen molar-refractivity contribution in [3.63, 3.8) is 0 Å². The fraction of sp³-hybridized carbons (Fsp3) is 0.647. The number of benzene rings is 1. The van der Waals surface area contributed by atoms with E-state index in [4.69, 9.17) is 9.47 Å². The van der Waals surface area contributed by atoms with Crippen LogP contribution in [0.4, 0.5) is 0 Å². The minimum absolute atomic E-state index is 0.740. The van der Waals surface area contributed by atoms with Gasteiger partial charge in [0.05, 0.1) is 13.7 Å². The third-order valence-electron chi connectivity index (χ3n) is 3.78. The minimum atomic E-state index is 0.740. The zero-order valence-electron chi connectivity index (χ0n) is 13.5. The zero-order valence-corrected chi connectivity index (χ0v) is 13.5. The van der Waals surface area contributed by atoms with Crippen LogP contribution in [0, 0.1) is 0 Å². The van der Waals surface area contributed by atoms with Gasteiger partial charge in [-0.15, -0.1) is 0 Å². The summed E-state index contributed by atoms with van der Waals surface area (Å²) >= 11 is 0. The van der Waals surface area contributed by atoms with Gasteiger partial charge in [0, 0.05) is 37.8 Å². The molecule has 0 aliphatic heterocycles. The Morgan fingerprint density at radius 3 is 2.81 bits per heavy atom. The van der Waals surface area contributed by atoms with Crippen LogP contribution in [0.5, 0.6) is 5.75 Å². The Bertz CT molecular complexity index is 433. The smallest absolute Gasteiger partial charge is 0.123 e. The van der Waals surface area contributed by atoms with Crippen molar-refractivity contribution in [1.82, 2.24) is 10.2 Å². The van der Waals surface area contributed by atoms with Crippen LogP contribution in [0.3, 0.4) is 0 Å². The van der Waals surface area contributed by atoms with Gasteiger partial charge in [-0.05, 0) is 44.5 Å². The summed E-state index contributed by atoms with van der Waals surface area (Å²) in [4.78, 5) is 2.27. The summed E-state index contributed by atoms with van der Waals surface area (Å²) in [7, 11) is 3.86. The maximum Gasteiger partial charge on any atom is 0.123 e. The molecule has 1 aliphatic rings. The van der Waals surface area contributed by atoms with Gasteiger partial charge in [-0.2, -0.15) is 0 Å². The molecule has 0 aromatic heterocycles. The molecule has 118 valence electrons. The highest BCUT2D eigenvalue weighted by molar-refractivity contribution is 5.37. The number of hydrogen-bond donors (Lipinski definition) is 1. The van der Waals surface area contributed by atoms with E-state index in [1.54, 1.807) is 7.11 Å². The third-order valence-corrected chi connectivity index (χ3v) is 3.78. The summed E-state index contributed by atoms with van der Waals surface area (Å²) in [6, 6.07) is 7.23. The van der Waals surface area contributed by atoms with E-state index in [-0.39, 0.29) is 0 Å². The Hall–Kier alpha value is -1.10. The van der Waals surface area contributed by atoms with Crippen molar-refractivity contribution in [2.45, 2.75) is 38.9 Å². The highest BCUT2D eigenvalue weighted by Crippen LogP contribution is 2.23. The number of nitrogens with one attached hydrogen (secondary N) is 1. The number of methoxy groups -OCH3 is 1. The van der Waals surface area contributed by atoms with E-state index in [1.165, 1.54) is 24.0 Å². The van der Waals surface area contributed by atoms with Crippen LogP contribution in [0.25, 0.3) is 0 Å². The maximum atomic E-state index is 5.49. The summed E-state index contributed by atoms with van der Waals surface area (Å²) in [6.07, 6.45) is 2.65. The fourth-order valence-electron chi connectivity index (χ4n) is 2.35. The molecule has 0 radical (unpaired) electrons. The summed E-state index contributed by atoms with van der Waals surface area (Å²) in [5.74, 6) is 0.966. The lowest BCUT2D eigenvalue weighted by atomic mass is 10.1. The molecule has 0 unspecified atom stereocenters. The van der Waals surface area contributed by atoms with Crippen LogP contribution in [0.1, 0.15) is 30.9 Å².